The van der Waals surface area contributed by atoms with Gasteiger partial charge in [-0.1, -0.05) is 34.4 Å². The number of benzene rings is 2. The Kier molecular flexibility index (Phi) is 6.76. The van der Waals surface area contributed by atoms with Gasteiger partial charge >= 0.3 is 6.18 Å². The van der Waals surface area contributed by atoms with Gasteiger partial charge in [0.25, 0.3) is 11.5 Å². The van der Waals surface area contributed by atoms with Gasteiger partial charge in [0.15, 0.2) is 5.82 Å². The molecular formula is C24H17Cl2F3N4O3. The van der Waals surface area contributed by atoms with Crippen LogP contribution in [0.4, 0.5) is 19.0 Å². The maximum absolute atomic E-state index is 14.3. The number of amides is 2. The number of anilines is 1. The van der Waals surface area contributed by atoms with Crippen LogP contribution in [0.25, 0.3) is 0 Å². The number of oxime groups is 1. The van der Waals surface area contributed by atoms with Crippen LogP contribution in [-0.4, -0.2) is 33.7 Å². The predicted molar refractivity (Wildman–Crippen MR) is 127 cm³/mol. The largest absolute Gasteiger partial charge is 0.435 e. The zero-order chi connectivity index (χ0) is 26.3. The number of alkyl halides is 3. The lowest BCUT2D eigenvalue weighted by Crippen LogP contribution is -2.42. The molecule has 36 heavy (non-hydrogen) atoms. The van der Waals surface area contributed by atoms with Gasteiger partial charge in [0.2, 0.25) is 5.91 Å². The van der Waals surface area contributed by atoms with Gasteiger partial charge in [-0.25, -0.2) is 9.88 Å². The third kappa shape index (κ3) is 4.66. The average Bonchev–Trinajstić information content (AvgIpc) is 3.26. The molecule has 2 aromatic carbocycles. The number of rotatable bonds is 4. The predicted octanol–water partition coefficient (Wildman–Crippen LogP) is 5.87. The minimum absolute atomic E-state index is 0.0165. The fourth-order valence-corrected chi connectivity index (χ4v) is 4.39. The third-order valence-electron chi connectivity index (χ3n) is 5.60. The summed E-state index contributed by atoms with van der Waals surface area (Å²) in [6.07, 6.45) is -1.47. The fourth-order valence-electron chi connectivity index (χ4n) is 3.86. The van der Waals surface area contributed by atoms with Gasteiger partial charge < -0.3 is 4.84 Å². The molecule has 2 amide bonds. The Morgan fingerprint density at radius 2 is 1.78 bits per heavy atom. The van der Waals surface area contributed by atoms with Crippen molar-refractivity contribution < 1.29 is 27.6 Å². The summed E-state index contributed by atoms with van der Waals surface area (Å²) < 4.78 is 42.8. The summed E-state index contributed by atoms with van der Waals surface area (Å²) in [5.41, 5.74) is -2.17. The van der Waals surface area contributed by atoms with E-state index in [2.05, 4.69) is 15.1 Å². The molecule has 1 aliphatic heterocycles. The summed E-state index contributed by atoms with van der Waals surface area (Å²) in [4.78, 5) is 39.1. The van der Waals surface area contributed by atoms with Crippen molar-refractivity contribution in [1.29, 1.82) is 0 Å². The monoisotopic (exact) mass is 536 g/mol. The maximum Gasteiger partial charge on any atom is 0.435 e. The third-order valence-corrected chi connectivity index (χ3v) is 6.04. The SMILES string of the molecule is CC(=O)N(C(=O)c1ccc(C2=NOC(c3cc(Cl)cc(Cl)c3)(C(F)(F)F)C2)cc1C)c1cnccn1. The van der Waals surface area contributed by atoms with Crippen molar-refractivity contribution in [1.82, 2.24) is 9.97 Å². The van der Waals surface area contributed by atoms with E-state index < -0.39 is 30.0 Å². The van der Waals surface area contributed by atoms with Crippen molar-refractivity contribution in [3.8, 4) is 0 Å². The smallest absolute Gasteiger partial charge is 0.374 e. The first kappa shape index (κ1) is 25.6. The number of halogens is 5. The molecule has 3 aromatic rings. The number of hydrogen-bond acceptors (Lipinski definition) is 6. The van der Waals surface area contributed by atoms with Crippen molar-refractivity contribution in [2.24, 2.45) is 5.16 Å². The molecule has 0 N–H and O–H groups in total. The van der Waals surface area contributed by atoms with E-state index in [0.29, 0.717) is 11.1 Å². The molecule has 0 aliphatic carbocycles. The van der Waals surface area contributed by atoms with E-state index in [-0.39, 0.29) is 32.7 Å². The Morgan fingerprint density at radius 3 is 2.33 bits per heavy atom. The second-order valence-electron chi connectivity index (χ2n) is 8.04. The molecule has 1 unspecified atom stereocenters. The second-order valence-corrected chi connectivity index (χ2v) is 8.91. The van der Waals surface area contributed by atoms with Gasteiger partial charge in [0, 0.05) is 46.9 Å². The second kappa shape index (κ2) is 9.51. The molecule has 7 nitrogen and oxygen atoms in total. The first-order valence-corrected chi connectivity index (χ1v) is 11.2. The average molecular weight is 537 g/mol. The number of nitrogens with zero attached hydrogens (tertiary/aromatic N) is 4. The first-order chi connectivity index (χ1) is 16.9. The molecule has 1 aromatic heterocycles. The molecule has 0 saturated carbocycles. The van der Waals surface area contributed by atoms with Crippen LogP contribution in [-0.2, 0) is 15.2 Å². The zero-order valence-corrected chi connectivity index (χ0v) is 20.3. The van der Waals surface area contributed by atoms with Crippen molar-refractivity contribution in [2.45, 2.75) is 32.0 Å². The lowest BCUT2D eigenvalue weighted by Gasteiger charge is -2.29. The number of carbonyl (C=O) groups is 2. The molecule has 0 fully saturated rings. The van der Waals surface area contributed by atoms with E-state index >= 15 is 0 Å². The van der Waals surface area contributed by atoms with Crippen LogP contribution in [0.5, 0.6) is 0 Å². The van der Waals surface area contributed by atoms with Crippen molar-refractivity contribution in [3.63, 3.8) is 0 Å². The van der Waals surface area contributed by atoms with Crippen molar-refractivity contribution in [2.75, 3.05) is 4.90 Å². The van der Waals surface area contributed by atoms with Crippen LogP contribution in [0, 0.1) is 6.92 Å². The highest BCUT2D eigenvalue weighted by atomic mass is 35.5. The van der Waals surface area contributed by atoms with Gasteiger partial charge in [0.1, 0.15) is 0 Å². The Morgan fingerprint density at radius 1 is 1.08 bits per heavy atom. The van der Waals surface area contributed by atoms with Crippen molar-refractivity contribution >= 4 is 46.5 Å². The number of hydrogen-bond donors (Lipinski definition) is 0. The van der Waals surface area contributed by atoms with Crippen LogP contribution in [0.3, 0.4) is 0 Å². The quantitative estimate of drug-likeness (QED) is 0.416. The lowest BCUT2D eigenvalue weighted by molar-refractivity contribution is -0.275. The van der Waals surface area contributed by atoms with E-state index in [4.69, 9.17) is 28.0 Å². The summed E-state index contributed by atoms with van der Waals surface area (Å²) in [5.74, 6) is -1.19. The Bertz CT molecular complexity index is 1360. The topological polar surface area (TPSA) is 84.8 Å². The molecule has 186 valence electrons. The molecule has 12 heteroatoms. The first-order valence-electron chi connectivity index (χ1n) is 10.4. The molecule has 2 heterocycles. The fraction of sp³-hybridized carbons (Fsp3) is 0.208. The van der Waals surface area contributed by atoms with E-state index in [1.54, 1.807) is 6.92 Å². The van der Waals surface area contributed by atoms with E-state index in [0.717, 1.165) is 17.0 Å². The zero-order valence-electron chi connectivity index (χ0n) is 18.8. The lowest BCUT2D eigenvalue weighted by atomic mass is 9.86. The van der Waals surface area contributed by atoms with E-state index in [1.165, 1.54) is 49.8 Å². The van der Waals surface area contributed by atoms with Gasteiger partial charge in [-0.05, 0) is 48.4 Å². The number of carbonyl (C=O) groups excluding carboxylic acids is 2. The Hall–Kier alpha value is -3.50. The maximum atomic E-state index is 14.3. The Labute approximate surface area is 213 Å². The standard InChI is InChI=1S/C24H17Cl2F3N4O3/c1-13-7-15(3-4-19(13)22(35)33(14(2)34)21-12-30-5-6-31-21)20-11-23(36-32-20,24(27,28)29)16-8-17(25)10-18(26)9-16/h3-10,12H,11H2,1-2H3. The van der Waals surface area contributed by atoms with Crippen LogP contribution >= 0.6 is 23.2 Å². The highest BCUT2D eigenvalue weighted by molar-refractivity contribution is 6.34. The van der Waals surface area contributed by atoms with Crippen LogP contribution in [0.2, 0.25) is 10.0 Å². The van der Waals surface area contributed by atoms with E-state index in [1.807, 2.05) is 0 Å². The molecule has 1 atom stereocenters. The highest BCUT2D eigenvalue weighted by Gasteiger charge is 2.62. The summed E-state index contributed by atoms with van der Waals surface area (Å²) in [5, 5.41) is 3.78. The van der Waals surface area contributed by atoms with Gasteiger partial charge in [0.05, 0.1) is 11.9 Å². The number of imide groups is 1. The molecule has 0 bridgehead atoms. The molecular weight excluding hydrogens is 520 g/mol. The Balaban J connectivity index is 1.66. The molecule has 0 saturated heterocycles. The van der Waals surface area contributed by atoms with Crippen LogP contribution in [0.1, 0.15) is 40.4 Å². The summed E-state index contributed by atoms with van der Waals surface area (Å²) >= 11 is 11.9. The van der Waals surface area contributed by atoms with Crippen LogP contribution in [0.15, 0.2) is 60.1 Å². The highest BCUT2D eigenvalue weighted by Crippen LogP contribution is 2.49. The molecule has 0 radical (unpaired) electrons. The summed E-state index contributed by atoms with van der Waals surface area (Å²) in [7, 11) is 0. The molecule has 0 spiro atoms. The van der Waals surface area contributed by atoms with Gasteiger partial charge in [-0.2, -0.15) is 13.2 Å². The summed E-state index contributed by atoms with van der Waals surface area (Å²) in [6.45, 7) is 2.80. The summed E-state index contributed by atoms with van der Waals surface area (Å²) in [6, 6.07) is 7.94. The minimum Gasteiger partial charge on any atom is -0.374 e. The molecule has 1 aliphatic rings. The normalized spacial score (nSPS) is 17.4. The number of aryl methyl sites for hydroxylation is 1. The minimum atomic E-state index is -4.84. The van der Waals surface area contributed by atoms with Crippen molar-refractivity contribution in [3.05, 3.63) is 87.3 Å². The van der Waals surface area contributed by atoms with Gasteiger partial charge in [-0.3, -0.25) is 14.6 Å². The molecule has 4 rings (SSSR count). The van der Waals surface area contributed by atoms with Gasteiger partial charge in [-0.15, -0.1) is 0 Å². The van der Waals surface area contributed by atoms with Crippen LogP contribution < -0.4 is 4.90 Å². The van der Waals surface area contributed by atoms with E-state index in [9.17, 15) is 22.8 Å². The number of aromatic nitrogens is 2.